The van der Waals surface area contributed by atoms with Crippen LogP contribution in [0.15, 0.2) is 15.9 Å². The van der Waals surface area contributed by atoms with E-state index in [0.717, 1.165) is 46.8 Å². The monoisotopic (exact) mass is 311 g/mol. The largest absolute Gasteiger partial charge is 0.356 e. The highest BCUT2D eigenvalue weighted by atomic mass is 79.9. The molecule has 0 atom stereocenters. The van der Waals surface area contributed by atoms with Crippen molar-refractivity contribution in [3.05, 3.63) is 21.6 Å². The number of anilines is 1. The first-order valence-corrected chi connectivity index (χ1v) is 7.01. The maximum atomic E-state index is 11.2. The van der Waals surface area contributed by atoms with Gasteiger partial charge >= 0.3 is 0 Å². The van der Waals surface area contributed by atoms with Crippen LogP contribution in [0.1, 0.15) is 16.9 Å². The fourth-order valence-electron chi connectivity index (χ4n) is 2.00. The number of carbonyl (C=O) groups is 1. The molecule has 0 radical (unpaired) electrons. The van der Waals surface area contributed by atoms with Crippen LogP contribution in [-0.2, 0) is 6.54 Å². The summed E-state index contributed by atoms with van der Waals surface area (Å²) in [6.45, 7) is 1.78. The Morgan fingerprint density at radius 3 is 3.18 bits per heavy atom. The van der Waals surface area contributed by atoms with Crippen molar-refractivity contribution in [1.82, 2.24) is 9.55 Å². The number of aromatic nitrogens is 2. The molecule has 2 aromatic rings. The molecular formula is C11H10BrN3OS. The second-order valence-corrected chi connectivity index (χ2v) is 5.68. The molecule has 0 unspecified atom stereocenters. The molecule has 0 saturated carbocycles. The van der Waals surface area contributed by atoms with Crippen molar-refractivity contribution in [1.29, 1.82) is 0 Å². The van der Waals surface area contributed by atoms with Crippen molar-refractivity contribution in [2.45, 2.75) is 13.0 Å². The predicted octanol–water partition coefficient (Wildman–Crippen LogP) is 3.00. The summed E-state index contributed by atoms with van der Waals surface area (Å²) in [5, 5.41) is 5.22. The smallest absolute Gasteiger partial charge is 0.204 e. The third kappa shape index (κ3) is 1.81. The van der Waals surface area contributed by atoms with Crippen LogP contribution in [0.5, 0.6) is 0 Å². The molecule has 6 heteroatoms. The van der Waals surface area contributed by atoms with Crippen LogP contribution < -0.4 is 5.32 Å². The topological polar surface area (TPSA) is 46.9 Å². The molecule has 17 heavy (non-hydrogen) atoms. The number of halogens is 1. The molecule has 1 aliphatic heterocycles. The fraction of sp³-hybridized carbons (Fsp3) is 0.273. The lowest BCUT2D eigenvalue weighted by atomic mass is 10.3. The molecule has 0 aromatic carbocycles. The zero-order valence-corrected chi connectivity index (χ0v) is 11.3. The van der Waals surface area contributed by atoms with Crippen LogP contribution in [0.25, 0.3) is 10.6 Å². The van der Waals surface area contributed by atoms with Gasteiger partial charge in [-0.1, -0.05) is 0 Å². The molecular weight excluding hydrogens is 302 g/mol. The minimum absolute atomic E-state index is 0.668. The van der Waals surface area contributed by atoms with Crippen LogP contribution in [0.4, 0.5) is 5.95 Å². The molecule has 0 amide bonds. The predicted molar refractivity (Wildman–Crippen MR) is 71.7 cm³/mol. The standard InChI is InChI=1S/C11H10BrN3OS/c12-7-4-9(17-6-7)10-8(5-16)15-3-1-2-13-11(15)14-10/h4-6H,1-3H2,(H,13,14). The first-order chi connectivity index (χ1) is 8.29. The highest BCUT2D eigenvalue weighted by Gasteiger charge is 2.20. The van der Waals surface area contributed by atoms with Gasteiger partial charge in [-0.3, -0.25) is 4.79 Å². The van der Waals surface area contributed by atoms with Gasteiger partial charge in [-0.25, -0.2) is 4.98 Å². The lowest BCUT2D eigenvalue weighted by molar-refractivity contribution is 0.111. The second-order valence-electron chi connectivity index (χ2n) is 3.85. The molecule has 3 rings (SSSR count). The highest BCUT2D eigenvalue weighted by molar-refractivity contribution is 9.10. The maximum absolute atomic E-state index is 11.2. The van der Waals surface area contributed by atoms with E-state index in [-0.39, 0.29) is 0 Å². The summed E-state index contributed by atoms with van der Waals surface area (Å²) >= 11 is 5.01. The molecule has 4 nitrogen and oxygen atoms in total. The van der Waals surface area contributed by atoms with Gasteiger partial charge in [0.2, 0.25) is 5.95 Å². The SMILES string of the molecule is O=Cc1c(-c2cc(Br)cs2)nc2n1CCCN2. The third-order valence-corrected chi connectivity index (χ3v) is 4.46. The van der Waals surface area contributed by atoms with E-state index in [9.17, 15) is 4.79 Å². The first-order valence-electron chi connectivity index (χ1n) is 5.33. The molecule has 0 aliphatic carbocycles. The van der Waals surface area contributed by atoms with E-state index in [1.807, 2.05) is 16.0 Å². The van der Waals surface area contributed by atoms with Crippen molar-refractivity contribution < 1.29 is 4.79 Å². The molecule has 0 fully saturated rings. The van der Waals surface area contributed by atoms with Gasteiger partial charge in [-0.05, 0) is 28.4 Å². The van der Waals surface area contributed by atoms with E-state index in [1.54, 1.807) is 11.3 Å². The molecule has 2 aromatic heterocycles. The number of hydrogen-bond acceptors (Lipinski definition) is 4. The van der Waals surface area contributed by atoms with E-state index in [2.05, 4.69) is 26.2 Å². The number of fused-ring (bicyclic) bond motifs is 1. The van der Waals surface area contributed by atoms with Crippen LogP contribution in [0.3, 0.4) is 0 Å². The van der Waals surface area contributed by atoms with Gasteiger partial charge in [0, 0.05) is 22.9 Å². The van der Waals surface area contributed by atoms with Crippen LogP contribution >= 0.6 is 27.3 Å². The number of imidazole rings is 1. The number of thiophene rings is 1. The zero-order chi connectivity index (χ0) is 11.8. The van der Waals surface area contributed by atoms with Crippen LogP contribution in [-0.4, -0.2) is 22.4 Å². The molecule has 1 aliphatic rings. The van der Waals surface area contributed by atoms with Crippen molar-refractivity contribution in [2.75, 3.05) is 11.9 Å². The Morgan fingerprint density at radius 2 is 2.47 bits per heavy atom. The van der Waals surface area contributed by atoms with E-state index in [1.165, 1.54) is 0 Å². The van der Waals surface area contributed by atoms with Crippen LogP contribution in [0, 0.1) is 0 Å². The Balaban J connectivity index is 2.16. The highest BCUT2D eigenvalue weighted by Crippen LogP contribution is 2.33. The summed E-state index contributed by atoms with van der Waals surface area (Å²) in [5.41, 5.74) is 1.45. The molecule has 88 valence electrons. The second kappa shape index (κ2) is 4.27. The number of carbonyl (C=O) groups excluding carboxylic acids is 1. The molecule has 3 heterocycles. The average molecular weight is 312 g/mol. The van der Waals surface area contributed by atoms with Gasteiger partial charge in [0.1, 0.15) is 11.4 Å². The molecule has 0 bridgehead atoms. The summed E-state index contributed by atoms with van der Waals surface area (Å²) in [4.78, 5) is 16.8. The number of rotatable bonds is 2. The Labute approximate surface area is 111 Å². The minimum Gasteiger partial charge on any atom is -0.356 e. The molecule has 1 N–H and O–H groups in total. The Hall–Kier alpha value is -1.14. The van der Waals surface area contributed by atoms with Crippen molar-refractivity contribution >= 4 is 39.5 Å². The van der Waals surface area contributed by atoms with E-state index >= 15 is 0 Å². The maximum Gasteiger partial charge on any atom is 0.204 e. The van der Waals surface area contributed by atoms with Crippen molar-refractivity contribution in [3.63, 3.8) is 0 Å². The number of hydrogen-bond donors (Lipinski definition) is 1. The number of aldehydes is 1. The Kier molecular flexibility index (Phi) is 2.76. The first kappa shape index (κ1) is 11.0. The number of nitrogens with one attached hydrogen (secondary N) is 1. The molecule has 0 spiro atoms. The van der Waals surface area contributed by atoms with E-state index in [4.69, 9.17) is 0 Å². The van der Waals surface area contributed by atoms with Gasteiger partial charge < -0.3 is 9.88 Å². The third-order valence-electron chi connectivity index (χ3n) is 2.76. The molecule has 0 saturated heterocycles. The lowest BCUT2D eigenvalue weighted by Gasteiger charge is -2.15. The normalized spacial score (nSPS) is 14.2. The van der Waals surface area contributed by atoms with E-state index < -0.39 is 0 Å². The van der Waals surface area contributed by atoms with Gasteiger partial charge in [0.05, 0.1) is 4.88 Å². The minimum atomic E-state index is 0.668. The zero-order valence-electron chi connectivity index (χ0n) is 8.94. The Morgan fingerprint density at radius 1 is 1.59 bits per heavy atom. The fourth-order valence-corrected chi connectivity index (χ4v) is 3.43. The van der Waals surface area contributed by atoms with Crippen LogP contribution in [0.2, 0.25) is 0 Å². The summed E-state index contributed by atoms with van der Waals surface area (Å²) in [6, 6.07) is 1.99. The van der Waals surface area contributed by atoms with Gasteiger partial charge in [-0.15, -0.1) is 11.3 Å². The summed E-state index contributed by atoms with van der Waals surface area (Å²) in [7, 11) is 0. The summed E-state index contributed by atoms with van der Waals surface area (Å²) in [6.07, 6.45) is 1.92. The van der Waals surface area contributed by atoms with Gasteiger partial charge in [0.25, 0.3) is 0 Å². The average Bonchev–Trinajstić information content (AvgIpc) is 2.91. The number of nitrogens with zero attached hydrogens (tertiary/aromatic N) is 2. The lowest BCUT2D eigenvalue weighted by Crippen LogP contribution is -2.18. The van der Waals surface area contributed by atoms with Gasteiger partial charge in [0.15, 0.2) is 6.29 Å². The quantitative estimate of drug-likeness (QED) is 0.867. The van der Waals surface area contributed by atoms with Crippen molar-refractivity contribution in [2.24, 2.45) is 0 Å². The van der Waals surface area contributed by atoms with E-state index in [0.29, 0.717) is 5.69 Å². The van der Waals surface area contributed by atoms with Crippen molar-refractivity contribution in [3.8, 4) is 10.6 Å². The summed E-state index contributed by atoms with van der Waals surface area (Å²) in [5.74, 6) is 0.804. The Bertz CT molecular complexity index is 575. The van der Waals surface area contributed by atoms with Gasteiger partial charge in [-0.2, -0.15) is 0 Å². The summed E-state index contributed by atoms with van der Waals surface area (Å²) < 4.78 is 2.98.